The van der Waals surface area contributed by atoms with Crippen LogP contribution in [0.4, 0.5) is 0 Å². The minimum absolute atomic E-state index is 0.00716. The van der Waals surface area contributed by atoms with E-state index in [4.69, 9.17) is 9.51 Å². The summed E-state index contributed by atoms with van der Waals surface area (Å²) in [5, 5.41) is 2.59. The maximum atomic E-state index is 7.04. The molecule has 32 heavy (non-hydrogen) atoms. The summed E-state index contributed by atoms with van der Waals surface area (Å²) < 4.78 is 7.04. The van der Waals surface area contributed by atoms with E-state index in [0.29, 0.717) is 0 Å². The van der Waals surface area contributed by atoms with E-state index < -0.39 is 8.15 Å². The molecule has 0 radical (unpaired) electrons. The average Bonchev–Trinajstić information content (AvgIpc) is 2.84. The quantitative estimate of drug-likeness (QED) is 0.320. The number of aryl methyl sites for hydroxylation is 3. The van der Waals surface area contributed by atoms with Crippen LogP contribution < -0.4 is 10.6 Å². The van der Waals surface area contributed by atoms with E-state index in [2.05, 4.69) is 98.8 Å². The molecule has 0 saturated heterocycles. The zero-order valence-electron chi connectivity index (χ0n) is 18.7. The van der Waals surface area contributed by atoms with E-state index in [1.165, 1.54) is 27.3 Å². The molecule has 2 nitrogen and oxygen atoms in total. The molecule has 0 saturated carbocycles. The van der Waals surface area contributed by atoms with Crippen molar-refractivity contribution in [3.63, 3.8) is 0 Å². The van der Waals surface area contributed by atoms with Crippen molar-refractivity contribution in [3.8, 4) is 11.3 Å². The molecule has 5 rings (SSSR count). The number of hydrogen-bond acceptors (Lipinski definition) is 2. The van der Waals surface area contributed by atoms with Gasteiger partial charge in [-0.15, -0.1) is 0 Å². The smallest absolute Gasteiger partial charge is 0.105 e. The van der Waals surface area contributed by atoms with Crippen molar-refractivity contribution in [2.24, 2.45) is 0 Å². The van der Waals surface area contributed by atoms with E-state index in [1.807, 2.05) is 6.07 Å². The van der Waals surface area contributed by atoms with Crippen molar-refractivity contribution in [2.45, 2.75) is 39.2 Å². The lowest BCUT2D eigenvalue weighted by Gasteiger charge is -2.30. The number of pyridine rings is 1. The molecule has 1 atom stereocenters. The molecule has 0 bridgehead atoms. The normalized spacial score (nSPS) is 15.5. The van der Waals surface area contributed by atoms with Crippen LogP contribution in [0.25, 0.3) is 11.3 Å². The third-order valence-corrected chi connectivity index (χ3v) is 8.54. The Morgan fingerprint density at radius 2 is 1.38 bits per heavy atom. The molecule has 160 valence electrons. The number of rotatable bonds is 5. The van der Waals surface area contributed by atoms with Gasteiger partial charge in [0.1, 0.15) is 6.10 Å². The SMILES string of the molecule is Cc1ccccc1P(O[C@@H]1CCCc2ccc(-c3ccccc3)nc21)c1ccccc1C. The minimum atomic E-state index is -0.944. The molecule has 0 amide bonds. The molecule has 0 aliphatic heterocycles. The monoisotopic (exact) mass is 437 g/mol. The predicted molar refractivity (Wildman–Crippen MR) is 135 cm³/mol. The topological polar surface area (TPSA) is 22.1 Å². The molecule has 0 fully saturated rings. The van der Waals surface area contributed by atoms with Crippen molar-refractivity contribution in [1.82, 2.24) is 4.98 Å². The van der Waals surface area contributed by atoms with Crippen LogP contribution in [-0.2, 0) is 10.9 Å². The Kier molecular flexibility index (Phi) is 6.17. The first-order valence-corrected chi connectivity index (χ1v) is 12.6. The summed E-state index contributed by atoms with van der Waals surface area (Å²) in [6, 6.07) is 32.1. The highest BCUT2D eigenvalue weighted by molar-refractivity contribution is 7.68. The molecule has 0 N–H and O–H groups in total. The summed E-state index contributed by atoms with van der Waals surface area (Å²) >= 11 is 0. The second kappa shape index (κ2) is 9.36. The third-order valence-electron chi connectivity index (χ3n) is 6.20. The second-order valence-electron chi connectivity index (χ2n) is 8.46. The molecule has 1 aliphatic rings. The number of hydrogen-bond donors (Lipinski definition) is 0. The lowest BCUT2D eigenvalue weighted by molar-refractivity contribution is 0.205. The fourth-order valence-electron chi connectivity index (χ4n) is 4.43. The van der Waals surface area contributed by atoms with Crippen LogP contribution in [0, 0.1) is 13.8 Å². The van der Waals surface area contributed by atoms with Crippen molar-refractivity contribution in [2.75, 3.05) is 0 Å². The lowest BCUT2D eigenvalue weighted by atomic mass is 9.93. The van der Waals surface area contributed by atoms with E-state index in [0.717, 1.165) is 36.2 Å². The molecule has 1 aromatic heterocycles. The summed E-state index contributed by atoms with van der Waals surface area (Å²) in [6.07, 6.45) is 3.22. The van der Waals surface area contributed by atoms with Gasteiger partial charge in [0.05, 0.1) is 19.5 Å². The van der Waals surface area contributed by atoms with Gasteiger partial charge in [-0.1, -0.05) is 84.9 Å². The number of aromatic nitrogens is 1. The van der Waals surface area contributed by atoms with Gasteiger partial charge in [-0.05, 0) is 55.9 Å². The number of benzene rings is 3. The number of fused-ring (bicyclic) bond motifs is 1. The van der Waals surface area contributed by atoms with Crippen LogP contribution in [0.5, 0.6) is 0 Å². The average molecular weight is 438 g/mol. The summed E-state index contributed by atoms with van der Waals surface area (Å²) in [4.78, 5) is 5.14. The Balaban J connectivity index is 1.56. The standard InChI is InChI=1S/C29H28NOP/c1-21-11-6-8-17-27(21)32(28-18-9-7-12-22(28)2)31-26-16-10-15-24-19-20-25(30-29(24)26)23-13-4-3-5-14-23/h3-9,11-14,17-20,26H,10,15-16H2,1-2H3/t26-/m1/s1. The molecular weight excluding hydrogens is 409 g/mol. The zero-order valence-corrected chi connectivity index (χ0v) is 19.6. The highest BCUT2D eigenvalue weighted by Gasteiger charge is 2.29. The van der Waals surface area contributed by atoms with Crippen molar-refractivity contribution < 1.29 is 4.52 Å². The van der Waals surface area contributed by atoms with Crippen LogP contribution in [0.3, 0.4) is 0 Å². The number of nitrogens with zero attached hydrogens (tertiary/aromatic N) is 1. The van der Waals surface area contributed by atoms with Crippen LogP contribution in [0.2, 0.25) is 0 Å². The zero-order chi connectivity index (χ0) is 21.9. The molecule has 1 heterocycles. The molecule has 3 aromatic carbocycles. The summed E-state index contributed by atoms with van der Waals surface area (Å²) in [5.41, 5.74) is 7.18. The minimum Gasteiger partial charge on any atom is -0.340 e. The van der Waals surface area contributed by atoms with Gasteiger partial charge in [-0.25, -0.2) is 4.98 Å². The maximum absolute atomic E-state index is 7.04. The van der Waals surface area contributed by atoms with Crippen molar-refractivity contribution >= 4 is 18.8 Å². The Labute approximate surface area is 192 Å². The third kappa shape index (κ3) is 4.26. The lowest BCUT2D eigenvalue weighted by Crippen LogP contribution is -2.22. The highest BCUT2D eigenvalue weighted by atomic mass is 31.1. The Morgan fingerprint density at radius 1 is 0.750 bits per heavy atom. The van der Waals surface area contributed by atoms with Gasteiger partial charge in [0, 0.05) is 16.2 Å². The first-order valence-electron chi connectivity index (χ1n) is 11.3. The predicted octanol–water partition coefficient (Wildman–Crippen LogP) is 6.81. The van der Waals surface area contributed by atoms with Crippen LogP contribution in [0.15, 0.2) is 91.0 Å². The van der Waals surface area contributed by atoms with E-state index in [1.54, 1.807) is 0 Å². The molecule has 0 spiro atoms. The first-order chi connectivity index (χ1) is 15.7. The maximum Gasteiger partial charge on any atom is 0.105 e. The van der Waals surface area contributed by atoms with Crippen LogP contribution in [-0.4, -0.2) is 4.98 Å². The fourth-order valence-corrected chi connectivity index (χ4v) is 6.61. The first kappa shape index (κ1) is 21.1. The van der Waals surface area contributed by atoms with Crippen LogP contribution >= 0.6 is 8.15 Å². The van der Waals surface area contributed by atoms with Gasteiger partial charge in [0.15, 0.2) is 0 Å². The Morgan fingerprint density at radius 3 is 2.03 bits per heavy atom. The van der Waals surface area contributed by atoms with Gasteiger partial charge >= 0.3 is 0 Å². The van der Waals surface area contributed by atoms with Gasteiger partial charge in [0.25, 0.3) is 0 Å². The Hall–Kier alpha value is -2.80. The summed E-state index contributed by atoms with van der Waals surface area (Å²) in [7, 11) is -0.944. The molecule has 0 unspecified atom stereocenters. The van der Waals surface area contributed by atoms with E-state index >= 15 is 0 Å². The van der Waals surface area contributed by atoms with E-state index in [-0.39, 0.29) is 6.10 Å². The summed E-state index contributed by atoms with van der Waals surface area (Å²) in [6.45, 7) is 4.37. The van der Waals surface area contributed by atoms with Gasteiger partial charge in [-0.3, -0.25) is 0 Å². The van der Waals surface area contributed by atoms with Gasteiger partial charge in [-0.2, -0.15) is 0 Å². The Bertz CT molecular complexity index is 1180. The molecule has 3 heteroatoms. The van der Waals surface area contributed by atoms with Crippen molar-refractivity contribution in [3.05, 3.63) is 113 Å². The molecular formula is C29H28NOP. The highest BCUT2D eigenvalue weighted by Crippen LogP contribution is 2.46. The van der Waals surface area contributed by atoms with Gasteiger partial charge < -0.3 is 4.52 Å². The van der Waals surface area contributed by atoms with E-state index in [9.17, 15) is 0 Å². The molecule has 4 aromatic rings. The fraction of sp³-hybridized carbons (Fsp3) is 0.207. The molecule has 1 aliphatic carbocycles. The van der Waals surface area contributed by atoms with Gasteiger partial charge in [0.2, 0.25) is 0 Å². The largest absolute Gasteiger partial charge is 0.340 e. The second-order valence-corrected chi connectivity index (χ2v) is 10.2. The van der Waals surface area contributed by atoms with Crippen molar-refractivity contribution in [1.29, 1.82) is 0 Å². The summed E-state index contributed by atoms with van der Waals surface area (Å²) in [5.74, 6) is 0. The van der Waals surface area contributed by atoms with Crippen LogP contribution in [0.1, 0.15) is 41.3 Å².